The van der Waals surface area contributed by atoms with Gasteiger partial charge in [0.1, 0.15) is 0 Å². The quantitative estimate of drug-likeness (QED) is 0.862. The lowest BCUT2D eigenvalue weighted by Gasteiger charge is -2.33. The third-order valence-corrected chi connectivity index (χ3v) is 3.86. The van der Waals surface area contributed by atoms with Gasteiger partial charge in [0.15, 0.2) is 5.11 Å². The zero-order chi connectivity index (χ0) is 15.5. The molecule has 4 nitrogen and oxygen atoms in total. The number of carbonyl (C=O) groups is 1. The van der Waals surface area contributed by atoms with E-state index in [1.807, 2.05) is 72.6 Å². The van der Waals surface area contributed by atoms with Crippen LogP contribution in [0.5, 0.6) is 0 Å². The van der Waals surface area contributed by atoms with Gasteiger partial charge in [0.05, 0.1) is 18.2 Å². The third-order valence-electron chi connectivity index (χ3n) is 3.57. The molecular weight excluding hydrogens is 294 g/mol. The van der Waals surface area contributed by atoms with Crippen LogP contribution in [0, 0.1) is 0 Å². The van der Waals surface area contributed by atoms with Crippen molar-refractivity contribution >= 4 is 34.6 Å². The topological polar surface area (TPSA) is 35.6 Å². The van der Waals surface area contributed by atoms with Gasteiger partial charge in [-0.2, -0.15) is 0 Å². The summed E-state index contributed by atoms with van der Waals surface area (Å²) in [4.78, 5) is 12.3. The highest BCUT2D eigenvalue weighted by atomic mass is 32.1. The highest BCUT2D eigenvalue weighted by Crippen LogP contribution is 2.27. The van der Waals surface area contributed by atoms with Crippen LogP contribution in [0.15, 0.2) is 60.7 Å². The third kappa shape index (κ3) is 2.80. The van der Waals surface area contributed by atoms with Gasteiger partial charge in [-0.3, -0.25) is 4.79 Å². The molecule has 1 unspecified atom stereocenters. The van der Waals surface area contributed by atoms with Gasteiger partial charge < -0.3 is 5.32 Å². The largest absolute Gasteiger partial charge is 0.331 e. The second-order valence-electron chi connectivity index (χ2n) is 5.23. The molecule has 2 aromatic rings. The zero-order valence-electron chi connectivity index (χ0n) is 12.3. The Morgan fingerprint density at radius 2 is 1.68 bits per heavy atom. The van der Waals surface area contributed by atoms with Crippen molar-refractivity contribution in [3.05, 3.63) is 60.7 Å². The molecule has 1 heterocycles. The van der Waals surface area contributed by atoms with Crippen LogP contribution in [0.3, 0.4) is 0 Å². The molecule has 22 heavy (non-hydrogen) atoms. The summed E-state index contributed by atoms with van der Waals surface area (Å²) in [5, 5.41) is 7.22. The molecular formula is C17H17N3OS. The average Bonchev–Trinajstić information content (AvgIpc) is 2.83. The van der Waals surface area contributed by atoms with Gasteiger partial charge in [-0.1, -0.05) is 36.4 Å². The summed E-state index contributed by atoms with van der Waals surface area (Å²) in [5.41, 5.74) is 1.74. The van der Waals surface area contributed by atoms with E-state index in [1.165, 1.54) is 0 Å². The molecule has 0 saturated carbocycles. The molecule has 5 heteroatoms. The van der Waals surface area contributed by atoms with Crippen LogP contribution in [-0.4, -0.2) is 22.1 Å². The lowest BCUT2D eigenvalue weighted by Crippen LogP contribution is -2.48. The highest BCUT2D eigenvalue weighted by molar-refractivity contribution is 7.80. The minimum absolute atomic E-state index is 0.0245. The SMILES string of the molecule is CC1CC(=O)N(c2ccccc2)N1C(=S)Nc1ccccc1. The molecule has 1 aliphatic heterocycles. The lowest BCUT2D eigenvalue weighted by molar-refractivity contribution is -0.117. The van der Waals surface area contributed by atoms with E-state index in [-0.39, 0.29) is 11.9 Å². The molecule has 1 saturated heterocycles. The van der Waals surface area contributed by atoms with E-state index in [1.54, 1.807) is 5.01 Å². The van der Waals surface area contributed by atoms with E-state index in [0.29, 0.717) is 11.5 Å². The number of carbonyl (C=O) groups excluding carboxylic acids is 1. The number of nitrogens with one attached hydrogen (secondary N) is 1. The number of benzene rings is 2. The number of rotatable bonds is 2. The van der Waals surface area contributed by atoms with E-state index in [0.717, 1.165) is 11.4 Å². The van der Waals surface area contributed by atoms with E-state index in [9.17, 15) is 4.79 Å². The van der Waals surface area contributed by atoms with Crippen LogP contribution in [0.1, 0.15) is 13.3 Å². The van der Waals surface area contributed by atoms with Crippen molar-refractivity contribution < 1.29 is 4.79 Å². The fourth-order valence-corrected chi connectivity index (χ4v) is 2.95. The van der Waals surface area contributed by atoms with E-state index in [2.05, 4.69) is 5.32 Å². The van der Waals surface area contributed by atoms with Gasteiger partial charge in [0.2, 0.25) is 5.91 Å². The molecule has 112 valence electrons. The average molecular weight is 311 g/mol. The van der Waals surface area contributed by atoms with E-state index >= 15 is 0 Å². The van der Waals surface area contributed by atoms with Gasteiger partial charge in [-0.05, 0) is 43.4 Å². The number of thiocarbonyl (C=S) groups is 1. The standard InChI is InChI=1S/C17H17N3OS/c1-13-12-16(21)20(15-10-6-3-7-11-15)19(13)17(22)18-14-8-4-2-5-9-14/h2-11,13H,12H2,1H3,(H,18,22). The first kappa shape index (κ1) is 14.5. The van der Waals surface area contributed by atoms with Gasteiger partial charge in [0, 0.05) is 5.69 Å². The minimum Gasteiger partial charge on any atom is -0.331 e. The van der Waals surface area contributed by atoms with Crippen molar-refractivity contribution in [3.8, 4) is 0 Å². The van der Waals surface area contributed by atoms with Crippen molar-refractivity contribution in [1.29, 1.82) is 0 Å². The molecule has 0 aromatic heterocycles. The predicted molar refractivity (Wildman–Crippen MR) is 92.5 cm³/mol. The molecule has 0 aliphatic carbocycles. The Morgan fingerprint density at radius 1 is 1.09 bits per heavy atom. The number of amides is 1. The van der Waals surface area contributed by atoms with Crippen molar-refractivity contribution in [3.63, 3.8) is 0 Å². The zero-order valence-corrected chi connectivity index (χ0v) is 13.1. The van der Waals surface area contributed by atoms with Crippen LogP contribution in [0.4, 0.5) is 11.4 Å². The number of hydrazine groups is 1. The van der Waals surface area contributed by atoms with Crippen molar-refractivity contribution in [2.24, 2.45) is 0 Å². The van der Waals surface area contributed by atoms with Crippen LogP contribution < -0.4 is 10.3 Å². The molecule has 1 atom stereocenters. The van der Waals surface area contributed by atoms with Gasteiger partial charge in [-0.25, -0.2) is 10.0 Å². The maximum Gasteiger partial charge on any atom is 0.248 e. The molecule has 1 N–H and O–H groups in total. The molecule has 2 aromatic carbocycles. The van der Waals surface area contributed by atoms with Crippen LogP contribution >= 0.6 is 12.2 Å². The fourth-order valence-electron chi connectivity index (χ4n) is 2.57. The highest BCUT2D eigenvalue weighted by Gasteiger charge is 2.37. The molecule has 3 rings (SSSR count). The van der Waals surface area contributed by atoms with Crippen molar-refractivity contribution in [2.45, 2.75) is 19.4 Å². The summed E-state index contributed by atoms with van der Waals surface area (Å²) in [6, 6.07) is 19.3. The fraction of sp³-hybridized carbons (Fsp3) is 0.176. The molecule has 0 radical (unpaired) electrons. The van der Waals surface area contributed by atoms with Gasteiger partial charge >= 0.3 is 0 Å². The number of hydrogen-bond acceptors (Lipinski definition) is 2. The summed E-state index contributed by atoms with van der Waals surface area (Å²) < 4.78 is 0. The van der Waals surface area contributed by atoms with Gasteiger partial charge in [0.25, 0.3) is 0 Å². The molecule has 0 bridgehead atoms. The Balaban J connectivity index is 1.86. The molecule has 1 aliphatic rings. The Hall–Kier alpha value is -2.40. The monoisotopic (exact) mass is 311 g/mol. The number of anilines is 2. The summed E-state index contributed by atoms with van der Waals surface area (Å²) in [5.74, 6) is 0.0518. The Labute approximate surface area is 135 Å². The maximum atomic E-state index is 12.3. The number of hydrogen-bond donors (Lipinski definition) is 1. The number of nitrogens with zero attached hydrogens (tertiary/aromatic N) is 2. The molecule has 0 spiro atoms. The van der Waals surface area contributed by atoms with Crippen LogP contribution in [0.2, 0.25) is 0 Å². The first-order valence-corrected chi connectivity index (χ1v) is 7.61. The van der Waals surface area contributed by atoms with Crippen molar-refractivity contribution in [1.82, 2.24) is 5.01 Å². The number of para-hydroxylation sites is 2. The predicted octanol–water partition coefficient (Wildman–Crippen LogP) is 3.43. The summed E-state index contributed by atoms with van der Waals surface area (Å²) >= 11 is 5.52. The lowest BCUT2D eigenvalue weighted by atomic mass is 10.2. The Kier molecular flexibility index (Phi) is 4.06. The minimum atomic E-state index is 0.0245. The maximum absolute atomic E-state index is 12.3. The van der Waals surface area contributed by atoms with Gasteiger partial charge in [-0.15, -0.1) is 0 Å². The van der Waals surface area contributed by atoms with E-state index < -0.39 is 0 Å². The molecule has 1 fully saturated rings. The second kappa shape index (κ2) is 6.15. The Morgan fingerprint density at radius 3 is 2.32 bits per heavy atom. The van der Waals surface area contributed by atoms with Crippen LogP contribution in [-0.2, 0) is 4.79 Å². The van der Waals surface area contributed by atoms with Crippen LogP contribution in [0.25, 0.3) is 0 Å². The molecule has 1 amide bonds. The van der Waals surface area contributed by atoms with Crippen molar-refractivity contribution in [2.75, 3.05) is 10.3 Å². The first-order valence-electron chi connectivity index (χ1n) is 7.20. The normalized spacial score (nSPS) is 17.7. The first-order chi connectivity index (χ1) is 10.7. The summed E-state index contributed by atoms with van der Waals surface area (Å²) in [7, 11) is 0. The summed E-state index contributed by atoms with van der Waals surface area (Å²) in [6.45, 7) is 2.00. The second-order valence-corrected chi connectivity index (χ2v) is 5.62. The summed E-state index contributed by atoms with van der Waals surface area (Å²) in [6.07, 6.45) is 0.450. The Bertz CT molecular complexity index is 675. The smallest absolute Gasteiger partial charge is 0.248 e. The van der Waals surface area contributed by atoms with E-state index in [4.69, 9.17) is 12.2 Å².